The Morgan fingerprint density at radius 3 is 2.42 bits per heavy atom. The third-order valence-corrected chi connectivity index (χ3v) is 2.98. The van der Waals surface area contributed by atoms with E-state index in [9.17, 15) is 9.90 Å². The van der Waals surface area contributed by atoms with Crippen LogP contribution in [0.5, 0.6) is 0 Å². The Morgan fingerprint density at radius 1 is 1.37 bits per heavy atom. The Morgan fingerprint density at radius 2 is 1.95 bits per heavy atom. The van der Waals surface area contributed by atoms with Crippen molar-refractivity contribution in [3.8, 4) is 0 Å². The van der Waals surface area contributed by atoms with Gasteiger partial charge in [0.2, 0.25) is 0 Å². The quantitative estimate of drug-likeness (QED) is 0.751. The van der Waals surface area contributed by atoms with E-state index in [1.165, 1.54) is 0 Å². The second-order valence-electron chi connectivity index (χ2n) is 5.97. The van der Waals surface area contributed by atoms with Crippen molar-refractivity contribution in [1.29, 1.82) is 0 Å². The largest absolute Gasteiger partial charge is 0.460 e. The van der Waals surface area contributed by atoms with Gasteiger partial charge >= 0.3 is 5.97 Å². The predicted octanol–water partition coefficient (Wildman–Crippen LogP) is 2.01. The van der Waals surface area contributed by atoms with Crippen molar-refractivity contribution in [2.24, 2.45) is 0 Å². The molecule has 0 radical (unpaired) electrons. The van der Waals surface area contributed by atoms with Gasteiger partial charge in [-0.25, -0.2) is 0 Å². The number of rotatable bonds is 6. The number of carbonyl (C=O) groups is 1. The molecule has 0 bridgehead atoms. The number of esters is 1. The smallest absolute Gasteiger partial charge is 0.311 e. The first kappa shape index (κ1) is 16.4. The van der Waals surface area contributed by atoms with Crippen LogP contribution < -0.4 is 0 Å². The van der Waals surface area contributed by atoms with Crippen LogP contribution in [0.2, 0.25) is 0 Å². The Bertz CT molecular complexity index is 289. The molecule has 0 amide bonds. The predicted molar refractivity (Wildman–Crippen MR) is 70.6 cm³/mol. The maximum absolute atomic E-state index is 11.9. The number of aliphatic hydroxyl groups excluding tert-OH is 1. The Hall–Kier alpha value is -0.650. The third kappa shape index (κ3) is 5.89. The lowest BCUT2D eigenvalue weighted by Crippen LogP contribution is -2.37. The summed E-state index contributed by atoms with van der Waals surface area (Å²) in [6.07, 6.45) is 1.42. The van der Waals surface area contributed by atoms with Gasteiger partial charge < -0.3 is 19.3 Å². The van der Waals surface area contributed by atoms with Crippen LogP contribution in [0.1, 0.15) is 53.4 Å². The molecule has 1 unspecified atom stereocenters. The number of hydrogen-bond donors (Lipinski definition) is 1. The van der Waals surface area contributed by atoms with Crippen LogP contribution in [0.15, 0.2) is 0 Å². The summed E-state index contributed by atoms with van der Waals surface area (Å²) in [5.74, 6) is -1.25. The minimum absolute atomic E-state index is 0.0701. The van der Waals surface area contributed by atoms with Crippen molar-refractivity contribution in [2.75, 3.05) is 13.2 Å². The first-order chi connectivity index (χ1) is 8.76. The minimum atomic E-state index is -0.918. The topological polar surface area (TPSA) is 65.0 Å². The van der Waals surface area contributed by atoms with Crippen LogP contribution in [0.3, 0.4) is 0 Å². The fourth-order valence-electron chi connectivity index (χ4n) is 2.02. The van der Waals surface area contributed by atoms with Crippen molar-refractivity contribution in [3.05, 3.63) is 0 Å². The molecule has 1 aliphatic rings. The van der Waals surface area contributed by atoms with E-state index < -0.39 is 11.4 Å². The van der Waals surface area contributed by atoms with Crippen molar-refractivity contribution in [2.45, 2.75) is 70.9 Å². The summed E-state index contributed by atoms with van der Waals surface area (Å²) in [6, 6.07) is 0. The molecule has 1 aliphatic heterocycles. The van der Waals surface area contributed by atoms with Gasteiger partial charge in [-0.15, -0.1) is 0 Å². The molecule has 1 saturated heterocycles. The summed E-state index contributed by atoms with van der Waals surface area (Å²) in [5.41, 5.74) is -0.514. The zero-order valence-corrected chi connectivity index (χ0v) is 12.4. The molecule has 1 atom stereocenters. The average Bonchev–Trinajstić information content (AvgIpc) is 2.72. The minimum Gasteiger partial charge on any atom is -0.460 e. The van der Waals surface area contributed by atoms with E-state index in [4.69, 9.17) is 14.2 Å². The molecule has 1 rings (SSSR count). The van der Waals surface area contributed by atoms with Gasteiger partial charge in [-0.1, -0.05) is 6.92 Å². The Labute approximate surface area is 115 Å². The van der Waals surface area contributed by atoms with E-state index in [2.05, 4.69) is 0 Å². The van der Waals surface area contributed by atoms with E-state index >= 15 is 0 Å². The molecule has 0 spiro atoms. The first-order valence-electron chi connectivity index (χ1n) is 6.94. The van der Waals surface area contributed by atoms with Crippen LogP contribution >= 0.6 is 0 Å². The van der Waals surface area contributed by atoms with Crippen molar-refractivity contribution >= 4 is 5.97 Å². The molecule has 5 heteroatoms. The van der Waals surface area contributed by atoms with Gasteiger partial charge in [0.05, 0.1) is 25.7 Å². The van der Waals surface area contributed by atoms with Gasteiger partial charge in [0.25, 0.3) is 0 Å². The van der Waals surface area contributed by atoms with Gasteiger partial charge in [-0.05, 0) is 33.6 Å². The molecule has 0 aliphatic carbocycles. The third-order valence-electron chi connectivity index (χ3n) is 2.98. The number of hydrogen-bond acceptors (Lipinski definition) is 5. The maximum atomic E-state index is 11.9. The standard InChI is InChI=1S/C14H26O5/c1-5-11(15)6-7-14(17-8-9-18-14)10-12(16)19-13(2,3)4/h11,15H,5-10H2,1-4H3. The molecule has 0 aromatic carbocycles. The summed E-state index contributed by atoms with van der Waals surface area (Å²) >= 11 is 0. The first-order valence-corrected chi connectivity index (χ1v) is 6.94. The van der Waals surface area contributed by atoms with Gasteiger partial charge in [0.1, 0.15) is 5.60 Å². The lowest BCUT2D eigenvalue weighted by molar-refractivity contribution is -0.193. The maximum Gasteiger partial charge on any atom is 0.311 e. The molecule has 1 N–H and O–H groups in total. The molecular formula is C14H26O5. The summed E-state index contributed by atoms with van der Waals surface area (Å²) in [5, 5.41) is 9.63. The van der Waals surface area contributed by atoms with E-state index in [1.807, 2.05) is 27.7 Å². The van der Waals surface area contributed by atoms with Gasteiger partial charge in [0, 0.05) is 6.42 Å². The van der Waals surface area contributed by atoms with Crippen LogP contribution in [-0.4, -0.2) is 41.8 Å². The second kappa shape index (κ2) is 6.68. The Balaban J connectivity index is 2.54. The monoisotopic (exact) mass is 274 g/mol. The molecule has 5 nitrogen and oxygen atoms in total. The van der Waals surface area contributed by atoms with Crippen LogP contribution in [0.4, 0.5) is 0 Å². The van der Waals surface area contributed by atoms with Gasteiger partial charge in [-0.2, -0.15) is 0 Å². The van der Waals surface area contributed by atoms with Crippen LogP contribution in [0.25, 0.3) is 0 Å². The van der Waals surface area contributed by atoms with E-state index in [1.54, 1.807) is 0 Å². The fraction of sp³-hybridized carbons (Fsp3) is 0.929. The van der Waals surface area contributed by atoms with E-state index in [-0.39, 0.29) is 18.5 Å². The number of aliphatic hydroxyl groups is 1. The highest BCUT2D eigenvalue weighted by molar-refractivity contribution is 5.71. The molecule has 19 heavy (non-hydrogen) atoms. The lowest BCUT2D eigenvalue weighted by Gasteiger charge is -2.29. The molecule has 1 fully saturated rings. The SMILES string of the molecule is CCC(O)CCC1(CC(=O)OC(C)(C)C)OCCO1. The highest BCUT2D eigenvalue weighted by atomic mass is 16.7. The van der Waals surface area contributed by atoms with Crippen molar-refractivity contribution < 1.29 is 24.1 Å². The summed E-state index contributed by atoms with van der Waals surface area (Å²) < 4.78 is 16.5. The van der Waals surface area contributed by atoms with Crippen LogP contribution in [0, 0.1) is 0 Å². The van der Waals surface area contributed by atoms with Gasteiger partial charge in [0.15, 0.2) is 5.79 Å². The van der Waals surface area contributed by atoms with Crippen LogP contribution in [-0.2, 0) is 19.0 Å². The number of ether oxygens (including phenoxy) is 3. The molecule has 0 saturated carbocycles. The van der Waals surface area contributed by atoms with E-state index in [0.717, 1.165) is 0 Å². The lowest BCUT2D eigenvalue weighted by atomic mass is 10.0. The highest BCUT2D eigenvalue weighted by Gasteiger charge is 2.40. The normalized spacial score (nSPS) is 20.3. The fourth-order valence-corrected chi connectivity index (χ4v) is 2.02. The summed E-state index contributed by atoms with van der Waals surface area (Å²) in [7, 11) is 0. The number of carbonyl (C=O) groups excluding carboxylic acids is 1. The zero-order chi connectivity index (χ0) is 14.5. The molecule has 112 valence electrons. The van der Waals surface area contributed by atoms with Crippen molar-refractivity contribution in [1.82, 2.24) is 0 Å². The molecule has 1 heterocycles. The molecule has 0 aromatic rings. The molecular weight excluding hydrogens is 248 g/mol. The second-order valence-corrected chi connectivity index (χ2v) is 5.97. The Kier molecular flexibility index (Phi) is 5.77. The summed E-state index contributed by atoms with van der Waals surface area (Å²) in [6.45, 7) is 8.36. The zero-order valence-electron chi connectivity index (χ0n) is 12.4. The molecule has 0 aromatic heterocycles. The van der Waals surface area contributed by atoms with Crippen molar-refractivity contribution in [3.63, 3.8) is 0 Å². The average molecular weight is 274 g/mol. The van der Waals surface area contributed by atoms with E-state index in [0.29, 0.717) is 32.5 Å². The van der Waals surface area contributed by atoms with Gasteiger partial charge in [-0.3, -0.25) is 4.79 Å². The highest BCUT2D eigenvalue weighted by Crippen LogP contribution is 2.30. The summed E-state index contributed by atoms with van der Waals surface area (Å²) in [4.78, 5) is 11.9.